The quantitative estimate of drug-likeness (QED) is 0.282. The molecule has 1 atom stereocenters. The van der Waals surface area contributed by atoms with E-state index in [1.807, 2.05) is 0 Å². The number of halogens is 4. The van der Waals surface area contributed by atoms with Crippen LogP contribution in [0.25, 0.3) is 11.3 Å². The smallest absolute Gasteiger partial charge is 0.346 e. The van der Waals surface area contributed by atoms with Gasteiger partial charge in [-0.15, -0.1) is 11.3 Å². The first-order valence-electron chi connectivity index (χ1n) is 12.9. The van der Waals surface area contributed by atoms with Crippen molar-refractivity contribution in [3.63, 3.8) is 0 Å². The molecule has 0 radical (unpaired) electrons. The summed E-state index contributed by atoms with van der Waals surface area (Å²) in [7, 11) is 0. The lowest BCUT2D eigenvalue weighted by Crippen LogP contribution is -2.46. The number of aryl methyl sites for hydroxylation is 2. The summed E-state index contributed by atoms with van der Waals surface area (Å²) in [6, 6.07) is 12.1. The first kappa shape index (κ1) is 27.2. The number of benzene rings is 2. The summed E-state index contributed by atoms with van der Waals surface area (Å²) in [5.74, 6) is -1.49. The highest BCUT2D eigenvalue weighted by Crippen LogP contribution is 2.39. The molecule has 210 valence electrons. The van der Waals surface area contributed by atoms with Gasteiger partial charge in [-0.25, -0.2) is 0 Å². The second-order valence-electron chi connectivity index (χ2n) is 9.95. The number of hydrogen-bond acceptors (Lipinski definition) is 5. The zero-order valence-corrected chi connectivity index (χ0v) is 22.9. The van der Waals surface area contributed by atoms with E-state index in [2.05, 4.69) is 10.4 Å². The van der Waals surface area contributed by atoms with Gasteiger partial charge in [0.15, 0.2) is 0 Å². The normalized spacial score (nSPS) is 15.3. The summed E-state index contributed by atoms with van der Waals surface area (Å²) >= 11 is 7.71. The van der Waals surface area contributed by atoms with Crippen molar-refractivity contribution < 1.29 is 27.6 Å². The summed E-state index contributed by atoms with van der Waals surface area (Å²) < 4.78 is 42.0. The number of rotatable bonds is 6. The van der Waals surface area contributed by atoms with Gasteiger partial charge in [0.2, 0.25) is 0 Å². The topological polar surface area (TPSA) is 84.3 Å². The van der Waals surface area contributed by atoms with Crippen LogP contribution in [0.15, 0.2) is 60.8 Å². The molecule has 41 heavy (non-hydrogen) atoms. The maximum absolute atomic E-state index is 13.5. The highest BCUT2D eigenvalue weighted by molar-refractivity contribution is 7.14. The van der Waals surface area contributed by atoms with Crippen molar-refractivity contribution in [2.45, 2.75) is 38.0 Å². The van der Waals surface area contributed by atoms with E-state index < -0.39 is 35.5 Å². The van der Waals surface area contributed by atoms with Crippen LogP contribution in [0.4, 0.5) is 13.2 Å². The Morgan fingerprint density at radius 2 is 1.78 bits per heavy atom. The molecule has 7 nitrogen and oxygen atoms in total. The van der Waals surface area contributed by atoms with Crippen LogP contribution in [0.2, 0.25) is 5.02 Å². The molecule has 6 rings (SSSR count). The lowest BCUT2D eigenvalue weighted by atomic mass is 10.0. The molecule has 1 N–H and O–H groups in total. The van der Waals surface area contributed by atoms with E-state index in [0.29, 0.717) is 22.0 Å². The molecule has 2 aromatic heterocycles. The third-order valence-corrected chi connectivity index (χ3v) is 8.68. The Labute approximate surface area is 241 Å². The molecule has 0 fully saturated rings. The fraction of sp³-hybridized carbons (Fsp3) is 0.241. The first-order chi connectivity index (χ1) is 19.6. The lowest BCUT2D eigenvalue weighted by Gasteiger charge is -2.24. The maximum atomic E-state index is 13.5. The number of thiophene rings is 1. The monoisotopic (exact) mass is 598 g/mol. The number of hydrogen-bond donors (Lipinski definition) is 1. The first-order valence-corrected chi connectivity index (χ1v) is 14.1. The molecule has 0 bridgehead atoms. The van der Waals surface area contributed by atoms with E-state index >= 15 is 0 Å². The second-order valence-corrected chi connectivity index (χ2v) is 11.5. The maximum Gasteiger partial charge on any atom is 0.416 e. The van der Waals surface area contributed by atoms with Gasteiger partial charge in [-0.2, -0.15) is 18.3 Å². The number of carbonyl (C=O) groups excluding carboxylic acids is 3. The van der Waals surface area contributed by atoms with Crippen LogP contribution < -0.4 is 5.32 Å². The molecule has 4 aromatic rings. The number of aromatic nitrogens is 2. The van der Waals surface area contributed by atoms with Crippen molar-refractivity contribution in [3.05, 3.63) is 97.8 Å². The van der Waals surface area contributed by atoms with Crippen LogP contribution in [0.3, 0.4) is 0 Å². The fourth-order valence-electron chi connectivity index (χ4n) is 5.32. The van der Waals surface area contributed by atoms with Crippen molar-refractivity contribution in [2.75, 3.05) is 6.54 Å². The van der Waals surface area contributed by atoms with E-state index in [-0.39, 0.29) is 24.1 Å². The third kappa shape index (κ3) is 5.15. The number of amides is 3. The van der Waals surface area contributed by atoms with Gasteiger partial charge in [0.05, 0.1) is 44.5 Å². The average molecular weight is 599 g/mol. The van der Waals surface area contributed by atoms with E-state index in [0.717, 1.165) is 46.0 Å². The van der Waals surface area contributed by atoms with Crippen molar-refractivity contribution in [1.29, 1.82) is 0 Å². The molecule has 4 heterocycles. The number of nitrogens with one attached hydrogen (secondary N) is 1. The number of fused-ring (bicyclic) bond motifs is 4. The van der Waals surface area contributed by atoms with Gasteiger partial charge < -0.3 is 5.32 Å². The molecule has 0 saturated heterocycles. The molecule has 2 aliphatic heterocycles. The molecular weight excluding hydrogens is 577 g/mol. The van der Waals surface area contributed by atoms with Crippen LogP contribution >= 0.6 is 22.9 Å². The van der Waals surface area contributed by atoms with E-state index in [9.17, 15) is 27.6 Å². The molecule has 0 aliphatic carbocycles. The third-order valence-electron chi connectivity index (χ3n) is 7.21. The van der Waals surface area contributed by atoms with Gasteiger partial charge in [-0.3, -0.25) is 24.0 Å². The second kappa shape index (κ2) is 10.5. The van der Waals surface area contributed by atoms with Crippen LogP contribution in [-0.2, 0) is 25.6 Å². The highest BCUT2D eigenvalue weighted by Gasteiger charge is 2.37. The van der Waals surface area contributed by atoms with Gasteiger partial charge >= 0.3 is 6.18 Å². The SMILES string of the molecule is O=C(NC(Cc1cccc(C(F)(F)F)c1)CN1C(=O)c2ccccc2C1=O)c1cc2c(s1)CCCn1ncc(Cl)c1-2. The van der Waals surface area contributed by atoms with Crippen molar-refractivity contribution >= 4 is 40.7 Å². The summed E-state index contributed by atoms with van der Waals surface area (Å²) in [5, 5.41) is 7.68. The Bertz CT molecular complexity index is 1660. The Kier molecular flexibility index (Phi) is 6.95. The van der Waals surface area contributed by atoms with E-state index in [4.69, 9.17) is 11.6 Å². The van der Waals surface area contributed by atoms with Gasteiger partial charge in [0.1, 0.15) is 0 Å². The molecule has 3 amide bonds. The molecule has 0 saturated carbocycles. The van der Waals surface area contributed by atoms with Crippen molar-refractivity contribution in [2.24, 2.45) is 0 Å². The number of nitrogens with zero attached hydrogens (tertiary/aromatic N) is 3. The molecule has 1 unspecified atom stereocenters. The van der Waals surface area contributed by atoms with Crippen LogP contribution in [0.5, 0.6) is 0 Å². The minimum Gasteiger partial charge on any atom is -0.346 e. The molecular formula is C29H22ClF3N4O3S. The molecule has 0 spiro atoms. The average Bonchev–Trinajstić information content (AvgIpc) is 3.55. The van der Waals surface area contributed by atoms with Gasteiger partial charge in [0.25, 0.3) is 17.7 Å². The Hall–Kier alpha value is -3.96. The van der Waals surface area contributed by atoms with E-state index in [1.165, 1.54) is 23.5 Å². The minimum atomic E-state index is -4.54. The summed E-state index contributed by atoms with van der Waals surface area (Å²) in [6.45, 7) is 0.488. The van der Waals surface area contributed by atoms with Gasteiger partial charge in [0, 0.05) is 23.5 Å². The number of alkyl halides is 3. The van der Waals surface area contributed by atoms with Crippen LogP contribution in [0.1, 0.15) is 52.8 Å². The number of imide groups is 1. The zero-order valence-electron chi connectivity index (χ0n) is 21.4. The summed E-state index contributed by atoms with van der Waals surface area (Å²) in [5.41, 5.74) is 1.53. The van der Waals surface area contributed by atoms with Gasteiger partial charge in [-0.1, -0.05) is 41.9 Å². The number of carbonyl (C=O) groups is 3. The van der Waals surface area contributed by atoms with Crippen molar-refractivity contribution in [3.8, 4) is 11.3 Å². The zero-order chi connectivity index (χ0) is 28.9. The largest absolute Gasteiger partial charge is 0.416 e. The summed E-state index contributed by atoms with van der Waals surface area (Å²) in [6.07, 6.45) is -1.46. The minimum absolute atomic E-state index is 0.0350. The molecule has 12 heteroatoms. The fourth-order valence-corrected chi connectivity index (χ4v) is 6.67. The molecule has 2 aliphatic rings. The van der Waals surface area contributed by atoms with E-state index in [1.54, 1.807) is 41.2 Å². The predicted octanol–water partition coefficient (Wildman–Crippen LogP) is 5.87. The predicted molar refractivity (Wildman–Crippen MR) is 147 cm³/mol. The standard InChI is InChI=1S/C29H22ClF3N4O3S/c30-22-14-34-37-10-4-9-23-21(25(22)37)13-24(41-23)26(38)35-18(12-16-5-3-6-17(11-16)29(31,32)33)15-36-27(39)19-7-1-2-8-20(19)28(36)40/h1-3,5-8,11,13-14,18H,4,9-10,12,15H2,(H,35,38). The Morgan fingerprint density at radius 1 is 1.05 bits per heavy atom. The van der Waals surface area contributed by atoms with Crippen LogP contribution in [0, 0.1) is 0 Å². The Balaban J connectivity index is 1.30. The van der Waals surface area contributed by atoms with Crippen LogP contribution in [-0.4, -0.2) is 45.0 Å². The Morgan fingerprint density at radius 3 is 2.49 bits per heavy atom. The lowest BCUT2D eigenvalue weighted by molar-refractivity contribution is -0.137. The van der Waals surface area contributed by atoms with Crippen molar-refractivity contribution in [1.82, 2.24) is 20.0 Å². The van der Waals surface area contributed by atoms with Gasteiger partial charge in [-0.05, 0) is 49.1 Å². The molecule has 2 aromatic carbocycles. The summed E-state index contributed by atoms with van der Waals surface area (Å²) in [4.78, 5) is 42.0. The highest BCUT2D eigenvalue weighted by atomic mass is 35.5.